The van der Waals surface area contributed by atoms with Gasteiger partial charge in [0.25, 0.3) is 0 Å². The number of fused-ring (bicyclic) bond motifs is 1. The number of halogens is 1. The molecule has 1 aromatic heterocycles. The Kier molecular flexibility index (Phi) is 4.22. The van der Waals surface area contributed by atoms with Crippen LogP contribution >= 0.6 is 33.9 Å². The average molecular weight is 411 g/mol. The summed E-state index contributed by atoms with van der Waals surface area (Å²) in [5, 5.41) is 3.36. The Labute approximate surface area is 132 Å². The number of hydrogen-bond donors (Lipinski definition) is 1. The van der Waals surface area contributed by atoms with Gasteiger partial charge >= 0.3 is 0 Å². The molecule has 6 heteroatoms. The van der Waals surface area contributed by atoms with E-state index in [0.717, 1.165) is 19.3 Å². The summed E-state index contributed by atoms with van der Waals surface area (Å²) in [7, 11) is -2.82. The van der Waals surface area contributed by atoms with Crippen molar-refractivity contribution < 1.29 is 8.42 Å². The summed E-state index contributed by atoms with van der Waals surface area (Å²) in [4.78, 5) is 1.49. The van der Waals surface area contributed by atoms with E-state index in [0.29, 0.717) is 18.3 Å². The lowest BCUT2D eigenvalue weighted by Gasteiger charge is -2.25. The monoisotopic (exact) mass is 411 g/mol. The van der Waals surface area contributed by atoms with E-state index < -0.39 is 9.84 Å². The van der Waals surface area contributed by atoms with Gasteiger partial charge in [-0.1, -0.05) is 0 Å². The molecule has 0 aromatic carbocycles. The highest BCUT2D eigenvalue weighted by molar-refractivity contribution is 14.1. The van der Waals surface area contributed by atoms with Crippen LogP contribution in [0.2, 0.25) is 0 Å². The van der Waals surface area contributed by atoms with Crippen molar-refractivity contribution in [2.24, 2.45) is 0 Å². The van der Waals surface area contributed by atoms with Crippen molar-refractivity contribution >= 4 is 43.8 Å². The molecule has 2 unspecified atom stereocenters. The summed E-state index contributed by atoms with van der Waals surface area (Å²) in [6.07, 6.45) is 5.19. The lowest BCUT2D eigenvalue weighted by atomic mass is 9.94. The molecule has 1 aliphatic heterocycles. The average Bonchev–Trinajstić information content (AvgIpc) is 2.88. The number of hydrogen-bond acceptors (Lipinski definition) is 4. The summed E-state index contributed by atoms with van der Waals surface area (Å²) in [5.41, 5.74) is 1.41. The van der Waals surface area contributed by atoms with Gasteiger partial charge in [-0.2, -0.15) is 0 Å². The normalized spacial score (nSPS) is 29.3. The van der Waals surface area contributed by atoms with Crippen molar-refractivity contribution in [1.29, 1.82) is 0 Å². The van der Waals surface area contributed by atoms with Crippen LogP contribution in [0.25, 0.3) is 0 Å². The Balaban J connectivity index is 1.68. The maximum atomic E-state index is 11.8. The third-order valence-corrected chi connectivity index (χ3v) is 8.39. The molecule has 3 rings (SSSR count). The highest BCUT2D eigenvalue weighted by atomic mass is 127. The number of aryl methyl sites for hydroxylation is 1. The molecule has 2 heterocycles. The van der Waals surface area contributed by atoms with Gasteiger partial charge in [0.15, 0.2) is 9.84 Å². The second-order valence-corrected chi connectivity index (χ2v) is 10.8. The summed E-state index contributed by atoms with van der Waals surface area (Å²) in [6.45, 7) is 0.624. The third-order valence-electron chi connectivity index (χ3n) is 4.14. The summed E-state index contributed by atoms with van der Waals surface area (Å²) < 4.78 is 25.0. The van der Waals surface area contributed by atoms with E-state index in [2.05, 4.69) is 34.0 Å². The highest BCUT2D eigenvalue weighted by Gasteiger charge is 2.32. The van der Waals surface area contributed by atoms with Gasteiger partial charge in [0.2, 0.25) is 0 Å². The zero-order chi connectivity index (χ0) is 13.5. The smallest absolute Gasteiger partial charge is 0.154 e. The molecule has 0 bridgehead atoms. The zero-order valence-corrected chi connectivity index (χ0v) is 14.5. The topological polar surface area (TPSA) is 46.2 Å². The lowest BCUT2D eigenvalue weighted by molar-refractivity contribution is 0.456. The van der Waals surface area contributed by atoms with E-state index in [4.69, 9.17) is 0 Å². The minimum atomic E-state index is -2.82. The molecule has 3 nitrogen and oxygen atoms in total. The number of nitrogens with one attached hydrogen (secondary N) is 1. The number of rotatable bonds is 3. The SMILES string of the molecule is O=S1(=O)CCCC1CNC1CCCc2sc(I)cc21. The molecule has 106 valence electrons. The molecular formula is C13H18INO2S2. The van der Waals surface area contributed by atoms with E-state index in [1.54, 1.807) is 0 Å². The molecule has 1 aliphatic carbocycles. The van der Waals surface area contributed by atoms with Crippen molar-refractivity contribution in [3.05, 3.63) is 19.4 Å². The van der Waals surface area contributed by atoms with Crippen LogP contribution in [0.15, 0.2) is 6.07 Å². The standard InChI is InChI=1S/C13H18INO2S2/c14-13-7-10-11(4-1-5-12(10)18-13)15-8-9-3-2-6-19(9,16)17/h7,9,11,15H,1-6,8H2. The van der Waals surface area contributed by atoms with Crippen molar-refractivity contribution in [2.75, 3.05) is 12.3 Å². The second kappa shape index (κ2) is 5.61. The molecule has 2 atom stereocenters. The molecule has 0 saturated carbocycles. The molecule has 0 amide bonds. The van der Waals surface area contributed by atoms with Crippen molar-refractivity contribution in [1.82, 2.24) is 5.32 Å². The number of sulfone groups is 1. The first-order valence-corrected chi connectivity index (χ1v) is 10.4. The van der Waals surface area contributed by atoms with E-state index in [1.807, 2.05) is 11.3 Å². The first-order valence-electron chi connectivity index (χ1n) is 6.79. The van der Waals surface area contributed by atoms with E-state index in [9.17, 15) is 8.42 Å². The lowest BCUT2D eigenvalue weighted by Crippen LogP contribution is -2.34. The second-order valence-electron chi connectivity index (χ2n) is 5.41. The fraction of sp³-hybridized carbons (Fsp3) is 0.692. The molecule has 1 fully saturated rings. The quantitative estimate of drug-likeness (QED) is 0.779. The Morgan fingerprint density at radius 1 is 1.37 bits per heavy atom. The van der Waals surface area contributed by atoms with Crippen molar-refractivity contribution in [2.45, 2.75) is 43.4 Å². The minimum Gasteiger partial charge on any atom is -0.309 e. The van der Waals surface area contributed by atoms with Gasteiger partial charge in [0, 0.05) is 17.5 Å². The first-order chi connectivity index (χ1) is 9.06. The molecule has 19 heavy (non-hydrogen) atoms. The van der Waals surface area contributed by atoms with Gasteiger partial charge in [-0.3, -0.25) is 0 Å². The fourth-order valence-corrected chi connectivity index (χ4v) is 6.99. The van der Waals surface area contributed by atoms with Crippen LogP contribution in [-0.4, -0.2) is 26.0 Å². The molecule has 2 aliphatic rings. The molecule has 1 N–H and O–H groups in total. The van der Waals surface area contributed by atoms with E-state index in [1.165, 1.54) is 26.2 Å². The summed E-state index contributed by atoms with van der Waals surface area (Å²) in [6, 6.07) is 2.62. The Morgan fingerprint density at radius 2 is 2.21 bits per heavy atom. The Morgan fingerprint density at radius 3 is 2.95 bits per heavy atom. The minimum absolute atomic E-state index is 0.157. The van der Waals surface area contributed by atoms with E-state index in [-0.39, 0.29) is 5.25 Å². The van der Waals surface area contributed by atoms with Crippen LogP contribution in [0.4, 0.5) is 0 Å². The zero-order valence-electron chi connectivity index (χ0n) is 10.7. The fourth-order valence-electron chi connectivity index (χ4n) is 3.09. The highest BCUT2D eigenvalue weighted by Crippen LogP contribution is 2.36. The maximum Gasteiger partial charge on any atom is 0.154 e. The van der Waals surface area contributed by atoms with Crippen molar-refractivity contribution in [3.8, 4) is 0 Å². The van der Waals surface area contributed by atoms with Gasteiger partial charge in [0.1, 0.15) is 0 Å². The first kappa shape index (κ1) is 14.3. The molecule has 0 radical (unpaired) electrons. The van der Waals surface area contributed by atoms with Gasteiger partial charge in [-0.25, -0.2) is 8.42 Å². The number of thiophene rings is 1. The van der Waals surface area contributed by atoms with Crippen LogP contribution in [0.1, 0.15) is 42.2 Å². The van der Waals surface area contributed by atoms with Crippen LogP contribution in [0.5, 0.6) is 0 Å². The van der Waals surface area contributed by atoms with Gasteiger partial charge in [-0.05, 0) is 66.3 Å². The van der Waals surface area contributed by atoms with Gasteiger partial charge in [0.05, 0.1) is 13.9 Å². The Hall–Kier alpha value is 0.340. The predicted octanol–water partition coefficient (Wildman–Crippen LogP) is 2.90. The van der Waals surface area contributed by atoms with Gasteiger partial charge < -0.3 is 5.32 Å². The molecular weight excluding hydrogens is 393 g/mol. The van der Waals surface area contributed by atoms with Crippen LogP contribution < -0.4 is 5.32 Å². The maximum absolute atomic E-state index is 11.8. The largest absolute Gasteiger partial charge is 0.309 e. The van der Waals surface area contributed by atoms with Crippen LogP contribution in [0.3, 0.4) is 0 Å². The summed E-state index contributed by atoms with van der Waals surface area (Å²) >= 11 is 4.26. The van der Waals surface area contributed by atoms with E-state index >= 15 is 0 Å². The molecule has 0 spiro atoms. The molecule has 1 saturated heterocycles. The van der Waals surface area contributed by atoms with Crippen LogP contribution in [0, 0.1) is 2.88 Å². The van der Waals surface area contributed by atoms with Crippen molar-refractivity contribution in [3.63, 3.8) is 0 Å². The summed E-state index contributed by atoms with van der Waals surface area (Å²) in [5.74, 6) is 0.381. The van der Waals surface area contributed by atoms with Gasteiger partial charge in [-0.15, -0.1) is 11.3 Å². The van der Waals surface area contributed by atoms with Crippen LogP contribution in [-0.2, 0) is 16.3 Å². The third kappa shape index (κ3) is 3.01. The Bertz CT molecular complexity index is 567. The predicted molar refractivity (Wildman–Crippen MR) is 87.5 cm³/mol. The molecule has 1 aromatic rings.